The first-order valence-electron chi connectivity index (χ1n) is 8.78. The van der Waals surface area contributed by atoms with Crippen LogP contribution in [0.15, 0.2) is 53.4 Å². The van der Waals surface area contributed by atoms with Crippen LogP contribution in [0.1, 0.15) is 23.7 Å². The maximum absolute atomic E-state index is 14.1. The summed E-state index contributed by atoms with van der Waals surface area (Å²) in [5, 5.41) is 5.68. The summed E-state index contributed by atoms with van der Waals surface area (Å²) in [6.07, 6.45) is 2.18. The van der Waals surface area contributed by atoms with Crippen molar-refractivity contribution in [3.8, 4) is 0 Å². The van der Waals surface area contributed by atoms with Crippen molar-refractivity contribution in [3.05, 3.63) is 65.7 Å². The van der Waals surface area contributed by atoms with Crippen LogP contribution in [0.3, 0.4) is 0 Å². The summed E-state index contributed by atoms with van der Waals surface area (Å²) < 4.78 is 27.6. The Labute approximate surface area is 168 Å². The van der Waals surface area contributed by atoms with Crippen LogP contribution in [0.2, 0.25) is 0 Å². The van der Waals surface area contributed by atoms with E-state index in [2.05, 4.69) is 10.6 Å². The Balaban J connectivity index is 0.00000261. The largest absolute Gasteiger partial charge is 0.355 e. The average molecular weight is 413 g/mol. The molecule has 0 bridgehead atoms. The molecule has 0 saturated carbocycles. The topological polar surface area (TPSA) is 41.1 Å². The van der Waals surface area contributed by atoms with Crippen molar-refractivity contribution in [1.82, 2.24) is 10.6 Å². The summed E-state index contributed by atoms with van der Waals surface area (Å²) in [6, 6.07) is 12.5. The summed E-state index contributed by atoms with van der Waals surface area (Å²) in [7, 11) is 0. The Morgan fingerprint density at radius 1 is 1.22 bits per heavy atom. The standard InChI is InChI=1S/C20H22F2N2OS.ClH/c21-16-8-9-17(22)18(11-16)26-19(15-6-2-1-3-7-15)20(25)24-13-14-5-4-10-23-12-14;/h1-3,6-9,11,14,19,23H,4-5,10,12-13H2,(H,24,25);1H. The van der Waals surface area contributed by atoms with Crippen molar-refractivity contribution in [2.24, 2.45) is 5.92 Å². The molecular formula is C20H23ClF2N2OS. The van der Waals surface area contributed by atoms with Gasteiger partial charge >= 0.3 is 0 Å². The number of hydrogen-bond donors (Lipinski definition) is 2. The highest BCUT2D eigenvalue weighted by Crippen LogP contribution is 2.37. The summed E-state index contributed by atoms with van der Waals surface area (Å²) in [4.78, 5) is 13.0. The fraction of sp³-hybridized carbons (Fsp3) is 0.350. The second kappa shape index (κ2) is 10.6. The second-order valence-corrected chi connectivity index (χ2v) is 7.59. The maximum Gasteiger partial charge on any atom is 0.238 e. The minimum Gasteiger partial charge on any atom is -0.355 e. The van der Waals surface area contributed by atoms with E-state index in [0.717, 1.165) is 61.5 Å². The zero-order valence-electron chi connectivity index (χ0n) is 14.8. The first-order valence-corrected chi connectivity index (χ1v) is 9.66. The van der Waals surface area contributed by atoms with Crippen LogP contribution >= 0.6 is 24.2 Å². The van der Waals surface area contributed by atoms with Crippen molar-refractivity contribution in [1.29, 1.82) is 0 Å². The van der Waals surface area contributed by atoms with Gasteiger partial charge in [0, 0.05) is 11.4 Å². The quantitative estimate of drug-likeness (QED) is 0.693. The van der Waals surface area contributed by atoms with Gasteiger partial charge in [0.1, 0.15) is 16.9 Å². The zero-order valence-corrected chi connectivity index (χ0v) is 16.4. The van der Waals surface area contributed by atoms with Gasteiger partial charge in [-0.15, -0.1) is 24.2 Å². The number of thioether (sulfide) groups is 1. The third-order valence-electron chi connectivity index (χ3n) is 4.44. The summed E-state index contributed by atoms with van der Waals surface area (Å²) >= 11 is 1.03. The van der Waals surface area contributed by atoms with Crippen LogP contribution < -0.4 is 10.6 Å². The number of nitrogens with one attached hydrogen (secondary N) is 2. The monoisotopic (exact) mass is 412 g/mol. The molecule has 0 aromatic heterocycles. The SMILES string of the molecule is Cl.O=C(NCC1CCCNC1)C(Sc1cc(F)ccc1F)c1ccccc1. The lowest BCUT2D eigenvalue weighted by Crippen LogP contribution is -2.39. The van der Waals surface area contributed by atoms with E-state index in [9.17, 15) is 13.6 Å². The minimum atomic E-state index is -0.635. The molecule has 3 rings (SSSR count). The first kappa shape index (κ1) is 21.7. The molecule has 1 aliphatic heterocycles. The molecule has 2 N–H and O–H groups in total. The van der Waals surface area contributed by atoms with Gasteiger partial charge in [-0.1, -0.05) is 30.3 Å². The number of carbonyl (C=O) groups is 1. The summed E-state index contributed by atoms with van der Waals surface area (Å²) in [5.74, 6) is -0.827. The third-order valence-corrected chi connectivity index (χ3v) is 5.73. The van der Waals surface area contributed by atoms with Gasteiger partial charge in [-0.2, -0.15) is 0 Å². The van der Waals surface area contributed by atoms with Crippen molar-refractivity contribution in [2.75, 3.05) is 19.6 Å². The summed E-state index contributed by atoms with van der Waals surface area (Å²) in [5.41, 5.74) is 0.764. The van der Waals surface area contributed by atoms with E-state index < -0.39 is 16.9 Å². The van der Waals surface area contributed by atoms with Gasteiger partial charge in [0.25, 0.3) is 0 Å². The number of piperidine rings is 1. The van der Waals surface area contributed by atoms with E-state index in [1.165, 1.54) is 0 Å². The van der Waals surface area contributed by atoms with Crippen molar-refractivity contribution in [3.63, 3.8) is 0 Å². The lowest BCUT2D eigenvalue weighted by molar-refractivity contribution is -0.120. The molecule has 146 valence electrons. The second-order valence-electron chi connectivity index (χ2n) is 6.44. The maximum atomic E-state index is 14.1. The molecule has 7 heteroatoms. The van der Waals surface area contributed by atoms with Crippen LogP contribution in [0.4, 0.5) is 8.78 Å². The smallest absolute Gasteiger partial charge is 0.238 e. The fourth-order valence-corrected chi connectivity index (χ4v) is 4.13. The van der Waals surface area contributed by atoms with Gasteiger partial charge in [-0.3, -0.25) is 4.79 Å². The highest BCUT2D eigenvalue weighted by atomic mass is 35.5. The highest BCUT2D eigenvalue weighted by Gasteiger charge is 2.24. The molecular weight excluding hydrogens is 390 g/mol. The Morgan fingerprint density at radius 2 is 2.00 bits per heavy atom. The van der Waals surface area contributed by atoms with E-state index in [1.807, 2.05) is 30.3 Å². The number of rotatable bonds is 6. The van der Waals surface area contributed by atoms with Gasteiger partial charge in [0.05, 0.1) is 0 Å². The van der Waals surface area contributed by atoms with Crippen LogP contribution in [-0.4, -0.2) is 25.5 Å². The van der Waals surface area contributed by atoms with Crippen LogP contribution in [0.5, 0.6) is 0 Å². The van der Waals surface area contributed by atoms with E-state index in [4.69, 9.17) is 0 Å². The summed E-state index contributed by atoms with van der Waals surface area (Å²) in [6.45, 7) is 2.50. The van der Waals surface area contributed by atoms with Gasteiger partial charge < -0.3 is 10.6 Å². The normalized spacial score (nSPS) is 17.6. The Hall–Kier alpha value is -1.63. The van der Waals surface area contributed by atoms with Crippen molar-refractivity contribution < 1.29 is 13.6 Å². The number of halogens is 3. The molecule has 1 saturated heterocycles. The molecule has 1 aliphatic rings. The molecule has 3 nitrogen and oxygen atoms in total. The Bertz CT molecular complexity index is 742. The van der Waals surface area contributed by atoms with E-state index in [0.29, 0.717) is 12.5 Å². The first-order chi connectivity index (χ1) is 12.6. The average Bonchev–Trinajstić information content (AvgIpc) is 2.68. The van der Waals surface area contributed by atoms with Crippen molar-refractivity contribution >= 4 is 30.1 Å². The molecule has 27 heavy (non-hydrogen) atoms. The molecule has 2 aromatic carbocycles. The number of carbonyl (C=O) groups excluding carboxylic acids is 1. The minimum absolute atomic E-state index is 0. The number of hydrogen-bond acceptors (Lipinski definition) is 3. The van der Waals surface area contributed by atoms with Crippen molar-refractivity contribution in [2.45, 2.75) is 23.0 Å². The molecule has 1 fully saturated rings. The lowest BCUT2D eigenvalue weighted by Gasteiger charge is -2.24. The molecule has 2 unspecified atom stereocenters. The molecule has 1 heterocycles. The third kappa shape index (κ3) is 6.19. The molecule has 2 aromatic rings. The molecule has 0 spiro atoms. The molecule has 2 atom stereocenters. The Kier molecular flexibility index (Phi) is 8.54. The van der Waals surface area contributed by atoms with Gasteiger partial charge in [0.15, 0.2) is 0 Å². The highest BCUT2D eigenvalue weighted by molar-refractivity contribution is 8.00. The van der Waals surface area contributed by atoms with Crippen LogP contribution in [-0.2, 0) is 4.79 Å². The fourth-order valence-electron chi connectivity index (χ4n) is 3.03. The van der Waals surface area contributed by atoms with Gasteiger partial charge in [-0.05, 0) is 55.6 Å². The van der Waals surface area contributed by atoms with Gasteiger partial charge in [-0.25, -0.2) is 8.78 Å². The van der Waals surface area contributed by atoms with Crippen LogP contribution in [0, 0.1) is 17.6 Å². The predicted molar refractivity (Wildman–Crippen MR) is 107 cm³/mol. The van der Waals surface area contributed by atoms with E-state index in [1.54, 1.807) is 0 Å². The van der Waals surface area contributed by atoms with Crippen LogP contribution in [0.25, 0.3) is 0 Å². The predicted octanol–water partition coefficient (Wildman–Crippen LogP) is 4.34. The zero-order chi connectivity index (χ0) is 18.4. The Morgan fingerprint density at radius 3 is 2.70 bits per heavy atom. The van der Waals surface area contributed by atoms with E-state index >= 15 is 0 Å². The van der Waals surface area contributed by atoms with E-state index in [-0.39, 0.29) is 23.2 Å². The number of benzene rings is 2. The molecule has 1 amide bonds. The van der Waals surface area contributed by atoms with Gasteiger partial charge in [0.2, 0.25) is 5.91 Å². The number of amides is 1. The molecule has 0 radical (unpaired) electrons. The molecule has 0 aliphatic carbocycles. The lowest BCUT2D eigenvalue weighted by atomic mass is 9.99.